The Balaban J connectivity index is 0.000000230. The molecule has 4 aromatic rings. The molecule has 0 atom stereocenters. The topological polar surface area (TPSA) is 94.3 Å². The molecule has 2 heterocycles. The van der Waals surface area contributed by atoms with E-state index in [0.717, 1.165) is 24.9 Å². The molecule has 1 aliphatic rings. The molecule has 1 aromatic heterocycles. The van der Waals surface area contributed by atoms with E-state index >= 15 is 0 Å². The summed E-state index contributed by atoms with van der Waals surface area (Å²) in [4.78, 5) is 27.1. The minimum Gasteiger partial charge on any atom is -0.385 e. The number of aldehydes is 1. The molecule has 42 heavy (non-hydrogen) atoms. The molecule has 3 aromatic carbocycles. The van der Waals surface area contributed by atoms with Crippen LogP contribution in [-0.4, -0.2) is 54.1 Å². The molecule has 216 valence electrons. The van der Waals surface area contributed by atoms with E-state index in [1.165, 1.54) is 24.3 Å². The molecule has 0 fully saturated rings. The summed E-state index contributed by atoms with van der Waals surface area (Å²) in [5, 5.41) is 16.1. The number of rotatable bonds is 8. The molecule has 0 spiro atoms. The highest BCUT2D eigenvalue weighted by Gasteiger charge is 2.34. The summed E-state index contributed by atoms with van der Waals surface area (Å²) in [6, 6.07) is 20.9. The summed E-state index contributed by atoms with van der Waals surface area (Å²) >= 11 is 0. The molecule has 10 heteroatoms. The molecule has 0 saturated heterocycles. The van der Waals surface area contributed by atoms with Crippen LogP contribution in [0.25, 0.3) is 0 Å². The lowest BCUT2D eigenvalue weighted by molar-refractivity contribution is 0.0428. The number of hydrogen-bond acceptors (Lipinski definition) is 6. The second-order valence-corrected chi connectivity index (χ2v) is 9.80. The van der Waals surface area contributed by atoms with Gasteiger partial charge in [-0.25, -0.2) is 0 Å². The van der Waals surface area contributed by atoms with Crippen LogP contribution in [0.3, 0.4) is 0 Å². The van der Waals surface area contributed by atoms with E-state index in [-0.39, 0.29) is 17.0 Å². The number of alkyl halides is 2. The Labute approximate surface area is 243 Å². The highest BCUT2D eigenvalue weighted by atomic mass is 19.3. The van der Waals surface area contributed by atoms with Crippen LogP contribution >= 0.6 is 0 Å². The zero-order valence-electron chi connectivity index (χ0n) is 23.7. The number of anilines is 2. The molecular formula is C32H32F2N6O2. The smallest absolute Gasteiger partial charge is 0.298 e. The Bertz CT molecular complexity index is 1570. The van der Waals surface area contributed by atoms with E-state index in [4.69, 9.17) is 5.26 Å². The maximum absolute atomic E-state index is 14.7. The van der Waals surface area contributed by atoms with Crippen molar-refractivity contribution in [1.82, 2.24) is 14.7 Å². The monoisotopic (exact) mass is 570 g/mol. The van der Waals surface area contributed by atoms with E-state index in [1.807, 2.05) is 13.1 Å². The van der Waals surface area contributed by atoms with Crippen LogP contribution in [0.1, 0.15) is 50.0 Å². The van der Waals surface area contributed by atoms with Crippen molar-refractivity contribution in [2.75, 3.05) is 37.4 Å². The standard InChI is InChI=1S/C20H18F2N4O.C12H14N2O/c1-23-17-13-24-26-12-11-25(19(27)18(17)26)16-9-7-15(8-10-16)20(21,22)14-5-3-2-4-6-14;1-3-14(2)8-11-5-4-10(9-15)6-12(11)7-13/h2-10,13,23H,11-12H2,1H3;4-6,9H,3,8H2,1-2H3. The zero-order chi connectivity index (χ0) is 30.3. The second-order valence-electron chi connectivity index (χ2n) is 9.80. The number of amides is 1. The summed E-state index contributed by atoms with van der Waals surface area (Å²) in [6.07, 6.45) is 2.37. The summed E-state index contributed by atoms with van der Waals surface area (Å²) in [5.74, 6) is -3.30. The quantitative estimate of drug-likeness (QED) is 0.279. The van der Waals surface area contributed by atoms with E-state index in [9.17, 15) is 18.4 Å². The SMILES string of the molecule is CCN(C)Cc1ccc(C=O)cc1C#N.CNc1cnn2c1C(=O)N(c1ccc(C(F)(F)c3ccccc3)cc1)CC2. The van der Waals surface area contributed by atoms with Gasteiger partial charge in [-0.1, -0.05) is 61.5 Å². The summed E-state index contributed by atoms with van der Waals surface area (Å²) in [5.41, 5.74) is 3.64. The van der Waals surface area contributed by atoms with Gasteiger partial charge in [0.05, 0.1) is 30.1 Å². The van der Waals surface area contributed by atoms with Crippen molar-refractivity contribution >= 4 is 23.6 Å². The Hall–Kier alpha value is -4.88. The van der Waals surface area contributed by atoms with Crippen molar-refractivity contribution in [3.63, 3.8) is 0 Å². The summed E-state index contributed by atoms with van der Waals surface area (Å²) < 4.78 is 31.0. The maximum atomic E-state index is 14.7. The molecule has 0 unspecified atom stereocenters. The third-order valence-electron chi connectivity index (χ3n) is 7.14. The van der Waals surface area contributed by atoms with Crippen molar-refractivity contribution in [3.8, 4) is 6.07 Å². The van der Waals surface area contributed by atoms with Crippen LogP contribution in [-0.2, 0) is 19.0 Å². The number of halogens is 2. The summed E-state index contributed by atoms with van der Waals surface area (Å²) in [6.45, 7) is 4.71. The van der Waals surface area contributed by atoms with Gasteiger partial charge in [-0.05, 0) is 37.4 Å². The van der Waals surface area contributed by atoms with Gasteiger partial charge < -0.3 is 15.1 Å². The molecule has 1 aliphatic heterocycles. The fourth-order valence-electron chi connectivity index (χ4n) is 4.61. The van der Waals surface area contributed by atoms with Crippen molar-refractivity contribution < 1.29 is 18.4 Å². The predicted octanol–water partition coefficient (Wildman–Crippen LogP) is 5.55. The van der Waals surface area contributed by atoms with Crippen LogP contribution in [0, 0.1) is 11.3 Å². The zero-order valence-corrected chi connectivity index (χ0v) is 23.7. The van der Waals surface area contributed by atoms with Crippen LogP contribution in [0.2, 0.25) is 0 Å². The molecule has 0 radical (unpaired) electrons. The van der Waals surface area contributed by atoms with Gasteiger partial charge in [-0.3, -0.25) is 14.3 Å². The van der Waals surface area contributed by atoms with E-state index in [1.54, 1.807) is 65.3 Å². The van der Waals surface area contributed by atoms with Crippen molar-refractivity contribution in [2.45, 2.75) is 25.9 Å². The van der Waals surface area contributed by atoms with Gasteiger partial charge in [-0.15, -0.1) is 0 Å². The lowest BCUT2D eigenvalue weighted by atomic mass is 10.00. The van der Waals surface area contributed by atoms with Crippen LogP contribution < -0.4 is 10.2 Å². The van der Waals surface area contributed by atoms with E-state index in [2.05, 4.69) is 28.3 Å². The normalized spacial score (nSPS) is 12.7. The minimum atomic E-state index is -3.09. The number of carbonyl (C=O) groups is 2. The number of hydrogen-bond donors (Lipinski definition) is 1. The molecule has 1 amide bonds. The first-order valence-corrected chi connectivity index (χ1v) is 13.5. The lowest BCUT2D eigenvalue weighted by Crippen LogP contribution is -2.40. The van der Waals surface area contributed by atoms with Gasteiger partial charge in [0.2, 0.25) is 0 Å². The summed E-state index contributed by atoms with van der Waals surface area (Å²) in [7, 11) is 3.72. The predicted molar refractivity (Wildman–Crippen MR) is 158 cm³/mol. The second kappa shape index (κ2) is 13.2. The average molecular weight is 571 g/mol. The lowest BCUT2D eigenvalue weighted by Gasteiger charge is -2.28. The Kier molecular flexibility index (Phi) is 9.45. The first kappa shape index (κ1) is 30.1. The molecule has 8 nitrogen and oxygen atoms in total. The van der Waals surface area contributed by atoms with Gasteiger partial charge in [0.25, 0.3) is 11.8 Å². The number of nitrogens with zero attached hydrogens (tertiary/aromatic N) is 5. The van der Waals surface area contributed by atoms with Gasteiger partial charge in [0.15, 0.2) is 0 Å². The molecule has 0 bridgehead atoms. The Morgan fingerprint density at radius 2 is 1.76 bits per heavy atom. The molecule has 5 rings (SSSR count). The maximum Gasteiger partial charge on any atom is 0.298 e. The molecule has 0 saturated carbocycles. The fourth-order valence-corrected chi connectivity index (χ4v) is 4.61. The number of aromatic nitrogens is 2. The highest BCUT2D eigenvalue weighted by Crippen LogP contribution is 2.36. The van der Waals surface area contributed by atoms with Gasteiger partial charge in [0, 0.05) is 42.5 Å². The fraction of sp³-hybridized carbons (Fsp3) is 0.250. The molecule has 1 N–H and O–H groups in total. The minimum absolute atomic E-state index is 0.0608. The van der Waals surface area contributed by atoms with Crippen LogP contribution in [0.15, 0.2) is 79.0 Å². The number of benzene rings is 3. The van der Waals surface area contributed by atoms with Gasteiger partial charge in [-0.2, -0.15) is 19.1 Å². The average Bonchev–Trinajstić information content (AvgIpc) is 3.46. The van der Waals surface area contributed by atoms with E-state index in [0.29, 0.717) is 41.3 Å². The highest BCUT2D eigenvalue weighted by molar-refractivity contribution is 6.09. The van der Waals surface area contributed by atoms with Crippen LogP contribution in [0.4, 0.5) is 20.2 Å². The number of carbonyl (C=O) groups excluding carboxylic acids is 2. The van der Waals surface area contributed by atoms with Crippen molar-refractivity contribution in [2.24, 2.45) is 0 Å². The van der Waals surface area contributed by atoms with Crippen molar-refractivity contribution in [1.29, 1.82) is 5.26 Å². The van der Waals surface area contributed by atoms with Gasteiger partial charge in [0.1, 0.15) is 12.0 Å². The largest absolute Gasteiger partial charge is 0.385 e. The Morgan fingerprint density at radius 1 is 1.07 bits per heavy atom. The Morgan fingerprint density at radius 3 is 2.38 bits per heavy atom. The number of nitrogens with one attached hydrogen (secondary N) is 1. The van der Waals surface area contributed by atoms with E-state index < -0.39 is 5.92 Å². The van der Waals surface area contributed by atoms with Crippen LogP contribution in [0.5, 0.6) is 0 Å². The third-order valence-corrected chi connectivity index (χ3v) is 7.14. The van der Waals surface area contributed by atoms with Gasteiger partial charge >= 0.3 is 0 Å². The molecular weight excluding hydrogens is 538 g/mol. The van der Waals surface area contributed by atoms with Crippen molar-refractivity contribution in [3.05, 3.63) is 113 Å². The first-order chi connectivity index (χ1) is 20.2. The number of fused-ring (bicyclic) bond motifs is 1. The number of nitriles is 1. The molecule has 0 aliphatic carbocycles. The third kappa shape index (κ3) is 6.37. The first-order valence-electron chi connectivity index (χ1n) is 13.5.